The Morgan fingerprint density at radius 2 is 1.71 bits per heavy atom. The number of carbonyl (C=O) groups is 2. The molecule has 2 atom stereocenters. The average Bonchev–Trinajstić information content (AvgIpc) is 3.15. The van der Waals surface area contributed by atoms with Crippen molar-refractivity contribution < 1.29 is 18.0 Å². The minimum atomic E-state index is -4.02. The van der Waals surface area contributed by atoms with E-state index in [0.29, 0.717) is 12.1 Å². The van der Waals surface area contributed by atoms with Gasteiger partial charge in [0.1, 0.15) is 6.04 Å². The van der Waals surface area contributed by atoms with Crippen molar-refractivity contribution in [3.63, 3.8) is 0 Å². The zero-order valence-corrected chi connectivity index (χ0v) is 20.8. The van der Waals surface area contributed by atoms with Crippen LogP contribution < -0.4 is 14.9 Å². The monoisotopic (exact) mass is 491 g/mol. The number of rotatable bonds is 7. The Morgan fingerprint density at radius 3 is 2.40 bits per heavy atom. The van der Waals surface area contributed by atoms with Crippen molar-refractivity contribution in [3.8, 4) is 0 Å². The smallest absolute Gasteiger partial charge is 0.242 e. The van der Waals surface area contributed by atoms with Crippen LogP contribution in [0.1, 0.15) is 30.5 Å². The highest BCUT2D eigenvalue weighted by Crippen LogP contribution is 2.34. The zero-order chi connectivity index (χ0) is 25.2. The van der Waals surface area contributed by atoms with E-state index in [1.165, 1.54) is 13.0 Å². The molecule has 0 spiro atoms. The normalized spacial score (nSPS) is 16.0. The molecule has 1 heterocycles. The van der Waals surface area contributed by atoms with Gasteiger partial charge in [0.2, 0.25) is 21.8 Å². The molecule has 1 aliphatic rings. The van der Waals surface area contributed by atoms with Crippen molar-refractivity contribution >= 4 is 33.2 Å². The Bertz CT molecular complexity index is 1360. The van der Waals surface area contributed by atoms with Gasteiger partial charge in [-0.1, -0.05) is 48.5 Å². The number of para-hydroxylation sites is 1. The minimum absolute atomic E-state index is 0.0425. The highest BCUT2D eigenvalue weighted by molar-refractivity contribution is 7.89. The molecule has 0 unspecified atom stereocenters. The first-order valence-electron chi connectivity index (χ1n) is 11.5. The molecule has 7 nitrogen and oxygen atoms in total. The maximum atomic E-state index is 13.4. The summed E-state index contributed by atoms with van der Waals surface area (Å²) in [5.74, 6) is -0.523. The van der Waals surface area contributed by atoms with Crippen LogP contribution in [0.3, 0.4) is 0 Å². The molecule has 3 aromatic carbocycles. The lowest BCUT2D eigenvalue weighted by Crippen LogP contribution is -2.45. The van der Waals surface area contributed by atoms with Crippen molar-refractivity contribution in [2.45, 2.75) is 50.6 Å². The predicted molar refractivity (Wildman–Crippen MR) is 137 cm³/mol. The number of amides is 2. The molecule has 0 bridgehead atoms. The van der Waals surface area contributed by atoms with E-state index in [0.717, 1.165) is 22.4 Å². The Labute approximate surface area is 206 Å². The van der Waals surface area contributed by atoms with E-state index in [-0.39, 0.29) is 23.3 Å². The Kier molecular flexibility index (Phi) is 7.05. The fraction of sp³-hybridized carbons (Fsp3) is 0.259. The largest absolute Gasteiger partial charge is 0.324 e. The van der Waals surface area contributed by atoms with Gasteiger partial charge in [-0.15, -0.1) is 0 Å². The molecule has 0 saturated carbocycles. The first kappa shape index (κ1) is 24.6. The van der Waals surface area contributed by atoms with E-state index in [2.05, 4.69) is 10.0 Å². The Hall–Kier alpha value is -3.49. The van der Waals surface area contributed by atoms with E-state index in [9.17, 15) is 18.0 Å². The number of anilines is 2. The molecular weight excluding hydrogens is 462 g/mol. The predicted octanol–water partition coefficient (Wildman–Crippen LogP) is 3.82. The van der Waals surface area contributed by atoms with Gasteiger partial charge in [0.25, 0.3) is 0 Å². The van der Waals surface area contributed by atoms with Gasteiger partial charge in [0.05, 0.1) is 4.90 Å². The molecule has 35 heavy (non-hydrogen) atoms. The summed E-state index contributed by atoms with van der Waals surface area (Å²) in [7, 11) is -4.02. The van der Waals surface area contributed by atoms with Gasteiger partial charge in [-0.05, 0) is 67.6 Å². The number of nitrogens with one attached hydrogen (secondary N) is 2. The van der Waals surface area contributed by atoms with Crippen molar-refractivity contribution in [2.24, 2.45) is 0 Å². The van der Waals surface area contributed by atoms with Gasteiger partial charge in [0, 0.05) is 24.3 Å². The standard InChI is InChI=1S/C27H29N3O4S/c1-18-9-7-8-12-24(18)28-27(32)25(16-21-10-5-4-6-11-21)29-35(33,34)23-13-14-26-22(17-23)15-19(2)30(26)20(3)31/h4-14,17,19,25,29H,15-16H2,1-3H3,(H,28,32)/t19-,25-/m1/s1. The molecular formula is C27H29N3O4S. The number of carbonyl (C=O) groups excluding carboxylic acids is 2. The SMILES string of the molecule is CC(=O)N1c2ccc(S(=O)(=O)N[C@H](Cc3ccccc3)C(=O)Nc3ccccc3C)cc2C[C@H]1C. The van der Waals surface area contributed by atoms with Crippen LogP contribution in [-0.4, -0.2) is 32.3 Å². The number of benzene rings is 3. The quantitative estimate of drug-likeness (QED) is 0.525. The molecule has 0 aromatic heterocycles. The highest BCUT2D eigenvalue weighted by Gasteiger charge is 2.32. The third-order valence-electron chi connectivity index (χ3n) is 6.22. The third kappa shape index (κ3) is 5.44. The summed E-state index contributed by atoms with van der Waals surface area (Å²) in [5.41, 5.74) is 3.86. The molecule has 0 saturated heterocycles. The number of hydrogen-bond donors (Lipinski definition) is 2. The Morgan fingerprint density at radius 1 is 1.03 bits per heavy atom. The summed E-state index contributed by atoms with van der Waals surface area (Å²) in [6, 6.07) is 20.3. The lowest BCUT2D eigenvalue weighted by Gasteiger charge is -2.21. The Balaban J connectivity index is 1.62. The van der Waals surface area contributed by atoms with Crippen LogP contribution in [0.15, 0.2) is 77.7 Å². The second-order valence-electron chi connectivity index (χ2n) is 8.90. The fourth-order valence-corrected chi connectivity index (χ4v) is 5.73. The van der Waals surface area contributed by atoms with Gasteiger partial charge in [-0.3, -0.25) is 9.59 Å². The van der Waals surface area contributed by atoms with Crippen molar-refractivity contribution in [1.82, 2.24) is 4.72 Å². The molecule has 4 rings (SSSR count). The molecule has 3 aromatic rings. The second-order valence-corrected chi connectivity index (χ2v) is 10.6. The van der Waals surface area contributed by atoms with E-state index in [1.807, 2.05) is 62.4 Å². The van der Waals surface area contributed by atoms with E-state index in [4.69, 9.17) is 0 Å². The fourth-order valence-electron chi connectivity index (χ4n) is 4.48. The molecule has 182 valence electrons. The maximum Gasteiger partial charge on any atom is 0.242 e. The summed E-state index contributed by atoms with van der Waals surface area (Å²) in [4.78, 5) is 27.0. The molecule has 0 aliphatic carbocycles. The topological polar surface area (TPSA) is 95.6 Å². The molecule has 8 heteroatoms. The summed E-state index contributed by atoms with van der Waals surface area (Å²) < 4.78 is 29.4. The van der Waals surface area contributed by atoms with Crippen LogP contribution in [0.4, 0.5) is 11.4 Å². The molecule has 2 amide bonds. The van der Waals surface area contributed by atoms with Crippen LogP contribution in [-0.2, 0) is 32.5 Å². The van der Waals surface area contributed by atoms with Gasteiger partial charge in [0.15, 0.2) is 0 Å². The van der Waals surface area contributed by atoms with Gasteiger partial charge >= 0.3 is 0 Å². The molecule has 1 aliphatic heterocycles. The van der Waals surface area contributed by atoms with Crippen LogP contribution in [0.2, 0.25) is 0 Å². The molecule has 2 N–H and O–H groups in total. The van der Waals surface area contributed by atoms with E-state index in [1.54, 1.807) is 23.1 Å². The van der Waals surface area contributed by atoms with Gasteiger partial charge in [-0.25, -0.2) is 8.42 Å². The third-order valence-corrected chi connectivity index (χ3v) is 7.68. The first-order chi connectivity index (χ1) is 16.7. The van der Waals surface area contributed by atoms with E-state index >= 15 is 0 Å². The summed E-state index contributed by atoms with van der Waals surface area (Å²) >= 11 is 0. The van der Waals surface area contributed by atoms with Gasteiger partial charge in [-0.2, -0.15) is 4.72 Å². The van der Waals surface area contributed by atoms with Crippen LogP contribution in [0.25, 0.3) is 0 Å². The average molecular weight is 492 g/mol. The summed E-state index contributed by atoms with van der Waals surface area (Å²) in [6.45, 7) is 5.31. The van der Waals surface area contributed by atoms with Crippen LogP contribution in [0.5, 0.6) is 0 Å². The highest BCUT2D eigenvalue weighted by atomic mass is 32.2. The number of hydrogen-bond acceptors (Lipinski definition) is 4. The van der Waals surface area contributed by atoms with Crippen molar-refractivity contribution in [3.05, 3.63) is 89.5 Å². The van der Waals surface area contributed by atoms with Crippen molar-refractivity contribution in [2.75, 3.05) is 10.2 Å². The van der Waals surface area contributed by atoms with E-state index < -0.39 is 22.0 Å². The van der Waals surface area contributed by atoms with Gasteiger partial charge < -0.3 is 10.2 Å². The first-order valence-corrected chi connectivity index (χ1v) is 13.0. The lowest BCUT2D eigenvalue weighted by atomic mass is 10.1. The maximum absolute atomic E-state index is 13.4. The summed E-state index contributed by atoms with van der Waals surface area (Å²) in [5, 5.41) is 2.86. The zero-order valence-electron chi connectivity index (χ0n) is 20.0. The minimum Gasteiger partial charge on any atom is -0.324 e. The molecule has 0 fully saturated rings. The van der Waals surface area contributed by atoms with Crippen LogP contribution >= 0.6 is 0 Å². The lowest BCUT2D eigenvalue weighted by molar-refractivity contribution is -0.118. The second kappa shape index (κ2) is 10.0. The number of nitrogens with zero attached hydrogens (tertiary/aromatic N) is 1. The number of aryl methyl sites for hydroxylation is 1. The summed E-state index contributed by atoms with van der Waals surface area (Å²) in [6.07, 6.45) is 0.761. The van der Waals surface area contributed by atoms with Crippen molar-refractivity contribution in [1.29, 1.82) is 0 Å². The molecule has 0 radical (unpaired) electrons. The van der Waals surface area contributed by atoms with Crippen LogP contribution in [0, 0.1) is 6.92 Å². The number of sulfonamides is 1. The number of fused-ring (bicyclic) bond motifs is 1.